The Kier molecular flexibility index (Phi) is 5.48. The Labute approximate surface area is 145 Å². The number of rotatable bonds is 6. The first-order valence-electron chi connectivity index (χ1n) is 9.32. The molecule has 1 aliphatic heterocycles. The average Bonchev–Trinajstić information content (AvgIpc) is 3.04. The van der Waals surface area contributed by atoms with E-state index in [-0.39, 0.29) is 12.0 Å². The van der Waals surface area contributed by atoms with Crippen molar-refractivity contribution >= 4 is 0 Å². The van der Waals surface area contributed by atoms with E-state index in [1.54, 1.807) is 7.11 Å². The van der Waals surface area contributed by atoms with E-state index < -0.39 is 6.10 Å². The van der Waals surface area contributed by atoms with Crippen molar-refractivity contribution in [1.82, 2.24) is 4.90 Å². The number of piperidine rings is 1. The van der Waals surface area contributed by atoms with Crippen LogP contribution in [0.5, 0.6) is 5.75 Å². The van der Waals surface area contributed by atoms with E-state index in [1.165, 1.54) is 29.5 Å². The third-order valence-electron chi connectivity index (χ3n) is 6.02. The Bertz CT molecular complexity index is 574. The molecule has 0 saturated carbocycles. The zero-order chi connectivity index (χ0) is 17.2. The van der Waals surface area contributed by atoms with E-state index in [2.05, 4.69) is 24.0 Å². The van der Waals surface area contributed by atoms with Crippen molar-refractivity contribution < 1.29 is 14.9 Å². The highest BCUT2D eigenvalue weighted by Gasteiger charge is 2.41. The number of benzene rings is 1. The fourth-order valence-corrected chi connectivity index (χ4v) is 4.48. The third kappa shape index (κ3) is 3.32. The third-order valence-corrected chi connectivity index (χ3v) is 6.02. The summed E-state index contributed by atoms with van der Waals surface area (Å²) in [5, 5.41) is 20.5. The molecule has 1 aromatic rings. The van der Waals surface area contributed by atoms with Crippen molar-refractivity contribution in [3.05, 3.63) is 28.8 Å². The van der Waals surface area contributed by atoms with Gasteiger partial charge in [0.15, 0.2) is 0 Å². The Balaban J connectivity index is 1.72. The molecule has 4 nitrogen and oxygen atoms in total. The Morgan fingerprint density at radius 2 is 2.04 bits per heavy atom. The lowest BCUT2D eigenvalue weighted by molar-refractivity contribution is -0.0803. The van der Waals surface area contributed by atoms with Crippen LogP contribution in [0.15, 0.2) is 12.1 Å². The van der Waals surface area contributed by atoms with Crippen LogP contribution in [0.1, 0.15) is 49.3 Å². The highest BCUT2D eigenvalue weighted by atomic mass is 16.5. The minimum Gasteiger partial charge on any atom is -0.496 e. The molecule has 0 radical (unpaired) electrons. The van der Waals surface area contributed by atoms with Gasteiger partial charge in [0, 0.05) is 24.1 Å². The summed E-state index contributed by atoms with van der Waals surface area (Å²) in [6, 6.07) is 4.50. The van der Waals surface area contributed by atoms with Crippen LogP contribution in [0.2, 0.25) is 0 Å². The zero-order valence-corrected chi connectivity index (χ0v) is 15.1. The summed E-state index contributed by atoms with van der Waals surface area (Å²) in [4.78, 5) is 2.30. The Hall–Kier alpha value is -1.10. The lowest BCUT2D eigenvalue weighted by Crippen LogP contribution is -2.52. The number of aliphatic hydroxyl groups is 2. The number of ether oxygens (including phenoxy) is 1. The van der Waals surface area contributed by atoms with Crippen LogP contribution in [-0.2, 0) is 19.4 Å². The monoisotopic (exact) mass is 333 g/mol. The first kappa shape index (κ1) is 17.7. The second-order valence-corrected chi connectivity index (χ2v) is 7.56. The molecular formula is C20H31NO3. The number of methoxy groups -OCH3 is 1. The van der Waals surface area contributed by atoms with Gasteiger partial charge < -0.3 is 14.9 Å². The van der Waals surface area contributed by atoms with Crippen molar-refractivity contribution in [2.75, 3.05) is 26.8 Å². The summed E-state index contributed by atoms with van der Waals surface area (Å²) >= 11 is 0. The minimum atomic E-state index is -0.461. The van der Waals surface area contributed by atoms with Gasteiger partial charge in [-0.3, -0.25) is 4.90 Å². The van der Waals surface area contributed by atoms with Crippen molar-refractivity contribution in [3.63, 3.8) is 0 Å². The van der Waals surface area contributed by atoms with Crippen molar-refractivity contribution in [1.29, 1.82) is 0 Å². The molecule has 1 saturated heterocycles. The van der Waals surface area contributed by atoms with Crippen LogP contribution in [-0.4, -0.2) is 48.0 Å². The maximum atomic E-state index is 10.6. The molecule has 0 unspecified atom stereocenters. The topological polar surface area (TPSA) is 52.9 Å². The average molecular weight is 333 g/mol. The van der Waals surface area contributed by atoms with Crippen LogP contribution in [0.3, 0.4) is 0 Å². The van der Waals surface area contributed by atoms with Gasteiger partial charge in [0.1, 0.15) is 5.75 Å². The lowest BCUT2D eigenvalue weighted by atomic mass is 9.73. The molecule has 1 fully saturated rings. The normalized spacial score (nSPS) is 27.2. The van der Waals surface area contributed by atoms with Gasteiger partial charge in [-0.05, 0) is 55.8 Å². The van der Waals surface area contributed by atoms with Gasteiger partial charge in [-0.25, -0.2) is 0 Å². The molecule has 4 heteroatoms. The molecular weight excluding hydrogens is 302 g/mol. The summed E-state index contributed by atoms with van der Waals surface area (Å²) in [5.74, 6) is 0.970. The van der Waals surface area contributed by atoms with E-state index in [0.29, 0.717) is 6.54 Å². The molecule has 0 spiro atoms. The van der Waals surface area contributed by atoms with Gasteiger partial charge >= 0.3 is 0 Å². The van der Waals surface area contributed by atoms with Crippen LogP contribution in [0.4, 0.5) is 0 Å². The second kappa shape index (κ2) is 7.42. The lowest BCUT2D eigenvalue weighted by Gasteiger charge is -2.44. The fraction of sp³-hybridized carbons (Fsp3) is 0.700. The standard InChI is InChI=1S/C20H31NO3/c1-3-7-20(14-22)8-9-21(13-19(20)23)12-17-10-15-5-4-6-16(15)11-18(17)24-2/h10-11,19,22-23H,3-9,12-14H2,1-2H3/t19-,20-/m1/s1. The molecule has 1 aliphatic carbocycles. The van der Waals surface area contributed by atoms with Gasteiger partial charge in [-0.2, -0.15) is 0 Å². The predicted molar refractivity (Wildman–Crippen MR) is 95.3 cm³/mol. The van der Waals surface area contributed by atoms with E-state index in [1.807, 2.05) is 0 Å². The molecule has 2 atom stereocenters. The number of hydrogen-bond acceptors (Lipinski definition) is 4. The number of β-amino-alcohol motifs (C(OH)–C–C–N with tert-alkyl or cyclic N) is 1. The largest absolute Gasteiger partial charge is 0.496 e. The second-order valence-electron chi connectivity index (χ2n) is 7.56. The summed E-state index contributed by atoms with van der Waals surface area (Å²) in [5.41, 5.74) is 3.79. The van der Waals surface area contributed by atoms with Gasteiger partial charge in [0.05, 0.1) is 19.8 Å². The highest BCUT2D eigenvalue weighted by Crippen LogP contribution is 2.37. The number of likely N-dealkylation sites (tertiary alicyclic amines) is 1. The van der Waals surface area contributed by atoms with E-state index in [4.69, 9.17) is 4.74 Å². The summed E-state index contributed by atoms with van der Waals surface area (Å²) in [6.07, 6.45) is 5.84. The van der Waals surface area contributed by atoms with Crippen molar-refractivity contribution in [2.45, 2.75) is 58.1 Å². The zero-order valence-electron chi connectivity index (χ0n) is 15.1. The molecule has 3 rings (SSSR count). The van der Waals surface area contributed by atoms with E-state index in [9.17, 15) is 10.2 Å². The first-order chi connectivity index (χ1) is 11.6. The molecule has 0 amide bonds. The SMILES string of the molecule is CCC[C@]1(CO)CCN(Cc2cc3c(cc2OC)CCC3)C[C@H]1O. The molecule has 2 N–H and O–H groups in total. The van der Waals surface area contributed by atoms with E-state index in [0.717, 1.165) is 44.5 Å². The van der Waals surface area contributed by atoms with Crippen LogP contribution in [0.25, 0.3) is 0 Å². The predicted octanol–water partition coefficient (Wildman–Crippen LogP) is 2.53. The molecule has 2 aliphatic rings. The number of fused-ring (bicyclic) bond motifs is 1. The summed E-state index contributed by atoms with van der Waals surface area (Å²) in [6.45, 7) is 4.55. The Morgan fingerprint density at radius 1 is 1.29 bits per heavy atom. The molecule has 1 heterocycles. The van der Waals surface area contributed by atoms with Gasteiger partial charge in [-0.15, -0.1) is 0 Å². The number of hydrogen-bond donors (Lipinski definition) is 2. The van der Waals surface area contributed by atoms with Gasteiger partial charge in [0.25, 0.3) is 0 Å². The van der Waals surface area contributed by atoms with Gasteiger partial charge in [0.2, 0.25) is 0 Å². The Morgan fingerprint density at radius 3 is 2.67 bits per heavy atom. The van der Waals surface area contributed by atoms with Crippen LogP contribution < -0.4 is 4.74 Å². The van der Waals surface area contributed by atoms with Crippen LogP contribution >= 0.6 is 0 Å². The van der Waals surface area contributed by atoms with Crippen LogP contribution in [0, 0.1) is 5.41 Å². The van der Waals surface area contributed by atoms with Crippen molar-refractivity contribution in [2.24, 2.45) is 5.41 Å². The quantitative estimate of drug-likeness (QED) is 0.840. The highest BCUT2D eigenvalue weighted by molar-refractivity contribution is 5.44. The summed E-state index contributed by atoms with van der Waals surface area (Å²) in [7, 11) is 1.74. The maximum absolute atomic E-state index is 10.6. The molecule has 0 bridgehead atoms. The van der Waals surface area contributed by atoms with E-state index >= 15 is 0 Å². The van der Waals surface area contributed by atoms with Crippen molar-refractivity contribution in [3.8, 4) is 5.75 Å². The number of aryl methyl sites for hydroxylation is 2. The minimum absolute atomic E-state index is 0.0814. The number of aliphatic hydroxyl groups excluding tert-OH is 2. The maximum Gasteiger partial charge on any atom is 0.123 e. The molecule has 0 aromatic heterocycles. The summed E-state index contributed by atoms with van der Waals surface area (Å²) < 4.78 is 5.61. The molecule has 1 aromatic carbocycles. The van der Waals surface area contributed by atoms with Gasteiger partial charge in [-0.1, -0.05) is 19.4 Å². The first-order valence-corrected chi connectivity index (χ1v) is 9.32. The molecule has 24 heavy (non-hydrogen) atoms. The molecule has 134 valence electrons. The smallest absolute Gasteiger partial charge is 0.123 e. The number of nitrogens with zero attached hydrogens (tertiary/aromatic N) is 1. The fourth-order valence-electron chi connectivity index (χ4n) is 4.48.